The molecule has 0 saturated heterocycles. The van der Waals surface area contributed by atoms with Crippen LogP contribution >= 0.6 is 15.9 Å². The number of hydrogen-bond acceptors (Lipinski definition) is 5. The second kappa shape index (κ2) is 6.62. The van der Waals surface area contributed by atoms with Crippen LogP contribution in [-0.4, -0.2) is 36.4 Å². The van der Waals surface area contributed by atoms with Crippen LogP contribution in [0.1, 0.15) is 0 Å². The molecule has 0 fully saturated rings. The van der Waals surface area contributed by atoms with E-state index in [1.165, 1.54) is 13.2 Å². The number of methoxy groups -OCH3 is 1. The van der Waals surface area contributed by atoms with Crippen LogP contribution in [0.4, 0.5) is 15.8 Å². The number of nitro benzene ring substituents is 1. The lowest BCUT2D eigenvalue weighted by atomic mass is 10.2. The molecule has 1 atom stereocenters. The fourth-order valence-corrected chi connectivity index (χ4v) is 1.87. The Labute approximate surface area is 111 Å². The standard InChI is InChI=1S/C10H12BrFN2O4/c1-18-5-7(15)4-13-10-8(11)2-6(14(16)17)3-9(10)12/h2-3,7,13,15H,4-5H2,1H3. The van der Waals surface area contributed by atoms with Crippen molar-refractivity contribution in [3.8, 4) is 0 Å². The van der Waals surface area contributed by atoms with Gasteiger partial charge in [0.15, 0.2) is 5.82 Å². The molecule has 6 nitrogen and oxygen atoms in total. The zero-order valence-electron chi connectivity index (χ0n) is 9.52. The van der Waals surface area contributed by atoms with E-state index in [-0.39, 0.29) is 29.0 Å². The van der Waals surface area contributed by atoms with E-state index in [0.29, 0.717) is 0 Å². The molecule has 18 heavy (non-hydrogen) atoms. The fourth-order valence-electron chi connectivity index (χ4n) is 1.31. The highest BCUT2D eigenvalue weighted by atomic mass is 79.9. The summed E-state index contributed by atoms with van der Waals surface area (Å²) in [4.78, 5) is 9.83. The second-order valence-electron chi connectivity index (χ2n) is 3.53. The summed E-state index contributed by atoms with van der Waals surface area (Å²) in [6.07, 6.45) is -0.795. The smallest absolute Gasteiger partial charge is 0.273 e. The van der Waals surface area contributed by atoms with Gasteiger partial charge in [-0.15, -0.1) is 0 Å². The van der Waals surface area contributed by atoms with Crippen LogP contribution in [0.25, 0.3) is 0 Å². The third-order valence-corrected chi connectivity index (χ3v) is 2.74. The minimum atomic E-state index is -0.795. The molecule has 8 heteroatoms. The lowest BCUT2D eigenvalue weighted by molar-refractivity contribution is -0.385. The average Bonchev–Trinajstić information content (AvgIpc) is 2.27. The van der Waals surface area contributed by atoms with Crippen molar-refractivity contribution in [1.82, 2.24) is 0 Å². The van der Waals surface area contributed by atoms with Crippen molar-refractivity contribution in [2.24, 2.45) is 0 Å². The van der Waals surface area contributed by atoms with E-state index >= 15 is 0 Å². The van der Waals surface area contributed by atoms with Crippen molar-refractivity contribution in [2.45, 2.75) is 6.10 Å². The Kier molecular flexibility index (Phi) is 5.45. The van der Waals surface area contributed by atoms with Crippen molar-refractivity contribution in [3.05, 3.63) is 32.5 Å². The number of non-ortho nitro benzene ring substituents is 1. The summed E-state index contributed by atoms with van der Waals surface area (Å²) in [6.45, 7) is 0.181. The maximum absolute atomic E-state index is 13.6. The summed E-state index contributed by atoms with van der Waals surface area (Å²) in [5.41, 5.74) is -0.280. The van der Waals surface area contributed by atoms with Gasteiger partial charge >= 0.3 is 0 Å². The van der Waals surface area contributed by atoms with Crippen molar-refractivity contribution in [3.63, 3.8) is 0 Å². The Morgan fingerprint density at radius 3 is 2.83 bits per heavy atom. The topological polar surface area (TPSA) is 84.6 Å². The predicted octanol–water partition coefficient (Wildman–Crippen LogP) is 1.92. The number of anilines is 1. The number of nitrogens with zero attached hydrogens (tertiary/aromatic N) is 1. The highest BCUT2D eigenvalue weighted by molar-refractivity contribution is 9.10. The molecule has 0 bridgehead atoms. The maximum atomic E-state index is 13.6. The molecule has 1 rings (SSSR count). The normalized spacial score (nSPS) is 12.2. The van der Waals surface area contributed by atoms with Gasteiger partial charge < -0.3 is 15.2 Å². The van der Waals surface area contributed by atoms with E-state index in [1.807, 2.05) is 0 Å². The number of halogens is 2. The molecule has 0 radical (unpaired) electrons. The van der Waals surface area contributed by atoms with Gasteiger partial charge in [-0.2, -0.15) is 0 Å². The van der Waals surface area contributed by atoms with Gasteiger partial charge in [-0.3, -0.25) is 10.1 Å². The van der Waals surface area contributed by atoms with E-state index in [2.05, 4.69) is 21.2 Å². The van der Waals surface area contributed by atoms with E-state index in [1.54, 1.807) is 0 Å². The number of rotatable bonds is 6. The number of benzene rings is 1. The number of nitro groups is 1. The molecular weight excluding hydrogens is 311 g/mol. The molecule has 0 aliphatic heterocycles. The van der Waals surface area contributed by atoms with Crippen molar-refractivity contribution in [2.75, 3.05) is 25.6 Å². The highest BCUT2D eigenvalue weighted by Gasteiger charge is 2.16. The first-order valence-electron chi connectivity index (χ1n) is 5.00. The molecule has 100 valence electrons. The number of hydrogen-bond donors (Lipinski definition) is 2. The minimum Gasteiger partial charge on any atom is -0.389 e. The monoisotopic (exact) mass is 322 g/mol. The lowest BCUT2D eigenvalue weighted by Gasteiger charge is -2.13. The predicted molar refractivity (Wildman–Crippen MR) is 67.1 cm³/mol. The molecule has 1 aromatic carbocycles. The van der Waals surface area contributed by atoms with Gasteiger partial charge in [0.1, 0.15) is 0 Å². The molecule has 0 amide bonds. The minimum absolute atomic E-state index is 0.0655. The van der Waals surface area contributed by atoms with Crippen LogP contribution < -0.4 is 5.32 Å². The van der Waals surface area contributed by atoms with E-state index in [0.717, 1.165) is 6.07 Å². The van der Waals surface area contributed by atoms with Crippen molar-refractivity contribution < 1.29 is 19.2 Å². The van der Waals surface area contributed by atoms with Gasteiger partial charge in [0, 0.05) is 19.7 Å². The van der Waals surface area contributed by atoms with Crippen molar-refractivity contribution >= 4 is 27.3 Å². The molecule has 0 aliphatic carbocycles. The maximum Gasteiger partial charge on any atom is 0.273 e. The largest absolute Gasteiger partial charge is 0.389 e. The Morgan fingerprint density at radius 2 is 2.33 bits per heavy atom. The number of aliphatic hydroxyl groups excluding tert-OH is 1. The first kappa shape index (κ1) is 14.8. The fraction of sp³-hybridized carbons (Fsp3) is 0.400. The third kappa shape index (κ3) is 3.90. The summed E-state index contributed by atoms with van der Waals surface area (Å²) in [5, 5.41) is 22.6. The Morgan fingerprint density at radius 1 is 1.67 bits per heavy atom. The quantitative estimate of drug-likeness (QED) is 0.617. The Bertz CT molecular complexity index is 421. The van der Waals surface area contributed by atoms with Gasteiger partial charge in [-0.05, 0) is 15.9 Å². The van der Waals surface area contributed by atoms with Gasteiger partial charge in [-0.1, -0.05) is 0 Å². The molecule has 0 spiro atoms. The lowest BCUT2D eigenvalue weighted by Crippen LogP contribution is -2.24. The molecule has 0 aliphatic rings. The number of nitrogens with one attached hydrogen (secondary N) is 1. The molecule has 0 aromatic heterocycles. The molecular formula is C10H12BrFN2O4. The van der Waals surface area contributed by atoms with Gasteiger partial charge in [0.2, 0.25) is 0 Å². The second-order valence-corrected chi connectivity index (χ2v) is 4.39. The summed E-state index contributed by atoms with van der Waals surface area (Å²) in [5.74, 6) is -0.763. The van der Waals surface area contributed by atoms with Gasteiger partial charge in [0.05, 0.1) is 33.9 Å². The van der Waals surface area contributed by atoms with E-state index in [9.17, 15) is 19.6 Å². The van der Waals surface area contributed by atoms with Crippen LogP contribution in [0.2, 0.25) is 0 Å². The summed E-state index contributed by atoms with van der Waals surface area (Å²) < 4.78 is 18.5. The average molecular weight is 323 g/mol. The summed E-state index contributed by atoms with van der Waals surface area (Å²) in [6, 6.07) is 2.00. The Balaban J connectivity index is 2.81. The van der Waals surface area contributed by atoms with Crippen LogP contribution in [0.15, 0.2) is 16.6 Å². The zero-order chi connectivity index (χ0) is 13.7. The van der Waals surface area contributed by atoms with Crippen LogP contribution in [0, 0.1) is 15.9 Å². The molecule has 1 unspecified atom stereocenters. The number of ether oxygens (including phenoxy) is 1. The Hall–Kier alpha value is -1.25. The van der Waals surface area contributed by atoms with Crippen LogP contribution in [0.5, 0.6) is 0 Å². The summed E-state index contributed by atoms with van der Waals surface area (Å²) >= 11 is 3.04. The molecule has 0 saturated carbocycles. The molecule has 2 N–H and O–H groups in total. The first-order chi connectivity index (χ1) is 8.45. The van der Waals surface area contributed by atoms with Gasteiger partial charge in [0.25, 0.3) is 5.69 Å². The van der Waals surface area contributed by atoms with Crippen LogP contribution in [-0.2, 0) is 4.74 Å². The van der Waals surface area contributed by atoms with Crippen LogP contribution in [0.3, 0.4) is 0 Å². The summed E-state index contributed by atoms with van der Waals surface area (Å²) in [7, 11) is 1.44. The van der Waals surface area contributed by atoms with Crippen molar-refractivity contribution in [1.29, 1.82) is 0 Å². The van der Waals surface area contributed by atoms with Gasteiger partial charge in [-0.25, -0.2) is 4.39 Å². The molecule has 0 heterocycles. The SMILES string of the molecule is COCC(O)CNc1c(F)cc([N+](=O)[O-])cc1Br. The number of aliphatic hydroxyl groups is 1. The highest BCUT2D eigenvalue weighted by Crippen LogP contribution is 2.30. The first-order valence-corrected chi connectivity index (χ1v) is 5.79. The van der Waals surface area contributed by atoms with E-state index < -0.39 is 16.8 Å². The molecule has 1 aromatic rings. The third-order valence-electron chi connectivity index (χ3n) is 2.11. The zero-order valence-corrected chi connectivity index (χ0v) is 11.1. The van der Waals surface area contributed by atoms with E-state index in [4.69, 9.17) is 4.74 Å².